The molecular formula is C47H29NO2. The SMILES string of the molecule is c1ccc(-c2cc(-c3ccc(-c4cccc5c4oc4ccccc45)cc3)cc(-c3ccc(-c4ccc5oc6ccccc6c5c4)cc3)n2)cc1. The molecule has 0 fully saturated rings. The summed E-state index contributed by atoms with van der Waals surface area (Å²) in [4.78, 5) is 5.17. The lowest BCUT2D eigenvalue weighted by molar-refractivity contribution is 0.669. The summed E-state index contributed by atoms with van der Waals surface area (Å²) in [6.07, 6.45) is 0. The number of pyridine rings is 1. The number of rotatable bonds is 5. The van der Waals surface area contributed by atoms with Crippen LogP contribution in [0.25, 0.3) is 99.8 Å². The van der Waals surface area contributed by atoms with Gasteiger partial charge in [0.2, 0.25) is 0 Å². The van der Waals surface area contributed by atoms with Crippen molar-refractivity contribution in [2.75, 3.05) is 0 Å². The zero-order valence-corrected chi connectivity index (χ0v) is 27.0. The van der Waals surface area contributed by atoms with Crippen LogP contribution < -0.4 is 0 Å². The highest BCUT2D eigenvalue weighted by Crippen LogP contribution is 2.38. The van der Waals surface area contributed by atoms with Gasteiger partial charge in [-0.1, -0.05) is 140 Å². The zero-order chi connectivity index (χ0) is 33.0. The number of benzene rings is 7. The Morgan fingerprint density at radius 3 is 1.56 bits per heavy atom. The first kappa shape index (κ1) is 28.3. The van der Waals surface area contributed by atoms with Crippen LogP contribution >= 0.6 is 0 Å². The van der Waals surface area contributed by atoms with Crippen molar-refractivity contribution in [2.24, 2.45) is 0 Å². The average molecular weight is 640 g/mol. The molecule has 10 aromatic rings. The Bertz CT molecular complexity index is 2840. The van der Waals surface area contributed by atoms with Gasteiger partial charge in [0.05, 0.1) is 11.4 Å². The maximum absolute atomic E-state index is 6.34. The van der Waals surface area contributed by atoms with E-state index in [1.54, 1.807) is 0 Å². The summed E-state index contributed by atoms with van der Waals surface area (Å²) in [6, 6.07) is 61.5. The highest BCUT2D eigenvalue weighted by atomic mass is 16.3. The van der Waals surface area contributed by atoms with Gasteiger partial charge in [-0.25, -0.2) is 4.98 Å². The second-order valence-corrected chi connectivity index (χ2v) is 12.7. The van der Waals surface area contributed by atoms with Crippen LogP contribution in [0.1, 0.15) is 0 Å². The first-order valence-corrected chi connectivity index (χ1v) is 16.9. The Morgan fingerprint density at radius 2 is 0.820 bits per heavy atom. The minimum Gasteiger partial charge on any atom is -0.456 e. The van der Waals surface area contributed by atoms with Crippen molar-refractivity contribution in [2.45, 2.75) is 0 Å². The Kier molecular flexibility index (Phi) is 6.49. The van der Waals surface area contributed by atoms with Crippen molar-refractivity contribution in [3.8, 4) is 55.9 Å². The van der Waals surface area contributed by atoms with Gasteiger partial charge in [-0.15, -0.1) is 0 Å². The molecule has 7 aromatic carbocycles. The second kappa shape index (κ2) is 11.5. The van der Waals surface area contributed by atoms with Gasteiger partial charge in [-0.05, 0) is 64.2 Å². The van der Waals surface area contributed by atoms with E-state index in [0.717, 1.165) is 99.8 Å². The van der Waals surface area contributed by atoms with Crippen LogP contribution in [0.15, 0.2) is 185 Å². The minimum absolute atomic E-state index is 0.903. The molecule has 0 bridgehead atoms. The lowest BCUT2D eigenvalue weighted by Gasteiger charge is -2.12. The molecular weight excluding hydrogens is 611 g/mol. The number of hydrogen-bond acceptors (Lipinski definition) is 3. The molecule has 0 radical (unpaired) electrons. The van der Waals surface area contributed by atoms with Crippen LogP contribution in [0.3, 0.4) is 0 Å². The van der Waals surface area contributed by atoms with Crippen molar-refractivity contribution in [1.82, 2.24) is 4.98 Å². The average Bonchev–Trinajstić information content (AvgIpc) is 3.76. The van der Waals surface area contributed by atoms with E-state index in [1.165, 1.54) is 0 Å². The number of aromatic nitrogens is 1. The molecule has 0 saturated carbocycles. The highest BCUT2D eigenvalue weighted by Gasteiger charge is 2.14. The van der Waals surface area contributed by atoms with Gasteiger partial charge in [0.15, 0.2) is 0 Å². The van der Waals surface area contributed by atoms with Crippen molar-refractivity contribution >= 4 is 43.9 Å². The summed E-state index contributed by atoms with van der Waals surface area (Å²) in [6.45, 7) is 0. The van der Waals surface area contributed by atoms with E-state index in [0.29, 0.717) is 0 Å². The Morgan fingerprint density at radius 1 is 0.300 bits per heavy atom. The first-order chi connectivity index (χ1) is 24.7. The van der Waals surface area contributed by atoms with E-state index in [4.69, 9.17) is 13.8 Å². The maximum atomic E-state index is 6.34. The van der Waals surface area contributed by atoms with E-state index in [9.17, 15) is 0 Å². The Balaban J connectivity index is 1.03. The van der Waals surface area contributed by atoms with Crippen LogP contribution in [-0.4, -0.2) is 4.98 Å². The molecule has 3 heterocycles. The molecule has 0 aliphatic rings. The normalized spacial score (nSPS) is 11.6. The van der Waals surface area contributed by atoms with Crippen LogP contribution in [-0.2, 0) is 0 Å². The molecule has 50 heavy (non-hydrogen) atoms. The van der Waals surface area contributed by atoms with Gasteiger partial charge in [0, 0.05) is 38.2 Å². The largest absolute Gasteiger partial charge is 0.456 e. The molecule has 3 heteroatoms. The second-order valence-electron chi connectivity index (χ2n) is 12.7. The highest BCUT2D eigenvalue weighted by molar-refractivity contribution is 6.09. The van der Waals surface area contributed by atoms with E-state index < -0.39 is 0 Å². The Hall–Kier alpha value is -6.71. The third kappa shape index (κ3) is 4.79. The Labute approximate surface area is 288 Å². The third-order valence-electron chi connectivity index (χ3n) is 9.72. The standard InChI is InChI=1S/C47H29NO2/c1-2-9-33(10-3-1)42-28-36(31-17-21-32(22-18-31)37-13-8-14-40-38-11-4-7-16-45(38)50-47(37)40)29-43(48-42)34-23-19-30(20-24-34)35-25-26-46-41(27-35)39-12-5-6-15-44(39)49-46/h1-29H. The van der Waals surface area contributed by atoms with Gasteiger partial charge in [0.1, 0.15) is 22.3 Å². The first-order valence-electron chi connectivity index (χ1n) is 16.9. The fourth-order valence-electron chi connectivity index (χ4n) is 7.16. The van der Waals surface area contributed by atoms with Gasteiger partial charge in [0.25, 0.3) is 0 Å². The molecule has 0 aliphatic heterocycles. The van der Waals surface area contributed by atoms with E-state index >= 15 is 0 Å². The van der Waals surface area contributed by atoms with Gasteiger partial charge in [-0.2, -0.15) is 0 Å². The monoisotopic (exact) mass is 639 g/mol. The maximum Gasteiger partial charge on any atom is 0.143 e. The van der Waals surface area contributed by atoms with Gasteiger partial charge < -0.3 is 8.83 Å². The predicted molar refractivity (Wildman–Crippen MR) is 206 cm³/mol. The van der Waals surface area contributed by atoms with Crippen LogP contribution in [0.2, 0.25) is 0 Å². The number of furan rings is 2. The van der Waals surface area contributed by atoms with E-state index in [2.05, 4.69) is 146 Å². The zero-order valence-electron chi connectivity index (χ0n) is 27.0. The summed E-state index contributed by atoms with van der Waals surface area (Å²) in [5, 5.41) is 4.54. The molecule has 0 saturated heterocycles. The molecule has 234 valence electrons. The number of para-hydroxylation sites is 3. The van der Waals surface area contributed by atoms with Crippen molar-refractivity contribution in [1.29, 1.82) is 0 Å². The fraction of sp³-hybridized carbons (Fsp3) is 0. The smallest absolute Gasteiger partial charge is 0.143 e. The van der Waals surface area contributed by atoms with Crippen LogP contribution in [0.4, 0.5) is 0 Å². The molecule has 0 unspecified atom stereocenters. The summed E-state index contributed by atoms with van der Waals surface area (Å²) in [7, 11) is 0. The van der Waals surface area contributed by atoms with E-state index in [-0.39, 0.29) is 0 Å². The van der Waals surface area contributed by atoms with Crippen molar-refractivity contribution in [3.05, 3.63) is 176 Å². The molecule has 0 spiro atoms. The molecule has 10 rings (SSSR count). The van der Waals surface area contributed by atoms with Crippen molar-refractivity contribution in [3.63, 3.8) is 0 Å². The molecule has 3 nitrogen and oxygen atoms in total. The number of fused-ring (bicyclic) bond motifs is 6. The van der Waals surface area contributed by atoms with E-state index in [1.807, 2.05) is 30.3 Å². The van der Waals surface area contributed by atoms with Crippen LogP contribution in [0, 0.1) is 0 Å². The molecule has 3 aromatic heterocycles. The lowest BCUT2D eigenvalue weighted by atomic mass is 9.96. The summed E-state index contributed by atoms with van der Waals surface area (Å²) < 4.78 is 12.4. The van der Waals surface area contributed by atoms with Gasteiger partial charge >= 0.3 is 0 Å². The molecule has 0 amide bonds. The number of hydrogen-bond donors (Lipinski definition) is 0. The summed E-state index contributed by atoms with van der Waals surface area (Å²) in [5.74, 6) is 0. The third-order valence-corrected chi connectivity index (χ3v) is 9.72. The molecule has 0 aliphatic carbocycles. The number of nitrogens with zero attached hydrogens (tertiary/aromatic N) is 1. The van der Waals surface area contributed by atoms with Crippen molar-refractivity contribution < 1.29 is 8.83 Å². The van der Waals surface area contributed by atoms with Crippen LogP contribution in [0.5, 0.6) is 0 Å². The fourth-order valence-corrected chi connectivity index (χ4v) is 7.16. The molecule has 0 N–H and O–H groups in total. The quantitative estimate of drug-likeness (QED) is 0.188. The lowest BCUT2D eigenvalue weighted by Crippen LogP contribution is -1.91. The predicted octanol–water partition coefficient (Wildman–Crippen LogP) is 13.2. The minimum atomic E-state index is 0.903. The molecule has 0 atom stereocenters. The topological polar surface area (TPSA) is 39.2 Å². The van der Waals surface area contributed by atoms with Gasteiger partial charge in [-0.3, -0.25) is 0 Å². The summed E-state index contributed by atoms with van der Waals surface area (Å²) in [5.41, 5.74) is 14.4. The summed E-state index contributed by atoms with van der Waals surface area (Å²) >= 11 is 0.